The monoisotopic (exact) mass is 341 g/mol. The molecule has 0 unspecified atom stereocenters. The molecule has 1 heterocycles. The molecular weight excluding hydrogens is 324 g/mol. The predicted molar refractivity (Wildman–Crippen MR) is 89.7 cm³/mol. The first-order valence-corrected chi connectivity index (χ1v) is 7.79. The standard InChI is InChI=1S/C19H17F2N3O/c1-24-11-10-22-19(24)18(14-4-8-16(21)9-5-14)23-17(25)12-13-2-6-15(20)7-3-13/h2-11,18H,12H2,1H3,(H,23,25)/t18-/m1/s1. The van der Waals surface area contributed by atoms with Crippen LogP contribution in [0.1, 0.15) is 23.0 Å². The molecule has 1 atom stereocenters. The summed E-state index contributed by atoms with van der Waals surface area (Å²) in [5, 5.41) is 2.92. The summed E-state index contributed by atoms with van der Waals surface area (Å²) < 4.78 is 28.0. The van der Waals surface area contributed by atoms with E-state index < -0.39 is 6.04 Å². The molecule has 25 heavy (non-hydrogen) atoms. The second kappa shape index (κ2) is 7.25. The van der Waals surface area contributed by atoms with E-state index in [1.807, 2.05) is 7.05 Å². The molecule has 128 valence electrons. The van der Waals surface area contributed by atoms with Gasteiger partial charge in [-0.1, -0.05) is 24.3 Å². The van der Waals surface area contributed by atoms with Crippen LogP contribution in [0.5, 0.6) is 0 Å². The van der Waals surface area contributed by atoms with E-state index in [1.165, 1.54) is 24.3 Å². The number of nitrogens with one attached hydrogen (secondary N) is 1. The molecule has 0 radical (unpaired) electrons. The summed E-state index contributed by atoms with van der Waals surface area (Å²) in [5.41, 5.74) is 1.43. The van der Waals surface area contributed by atoms with Crippen LogP contribution in [0.15, 0.2) is 60.9 Å². The summed E-state index contributed by atoms with van der Waals surface area (Å²) in [7, 11) is 1.82. The van der Waals surface area contributed by atoms with Crippen LogP contribution in [0.25, 0.3) is 0 Å². The molecule has 1 N–H and O–H groups in total. The third kappa shape index (κ3) is 4.09. The molecular formula is C19H17F2N3O. The molecule has 3 rings (SSSR count). The normalized spacial score (nSPS) is 12.0. The second-order valence-corrected chi connectivity index (χ2v) is 5.75. The fourth-order valence-corrected chi connectivity index (χ4v) is 2.61. The summed E-state index contributed by atoms with van der Waals surface area (Å²) in [6.45, 7) is 0. The van der Waals surface area contributed by atoms with E-state index in [4.69, 9.17) is 0 Å². The lowest BCUT2D eigenvalue weighted by atomic mass is 10.0. The van der Waals surface area contributed by atoms with Crippen LogP contribution in [0.4, 0.5) is 8.78 Å². The number of carbonyl (C=O) groups is 1. The molecule has 0 fully saturated rings. The van der Waals surface area contributed by atoms with Gasteiger partial charge >= 0.3 is 0 Å². The maximum Gasteiger partial charge on any atom is 0.225 e. The van der Waals surface area contributed by atoms with E-state index in [1.54, 1.807) is 41.2 Å². The van der Waals surface area contributed by atoms with Gasteiger partial charge in [0.2, 0.25) is 5.91 Å². The van der Waals surface area contributed by atoms with Crippen molar-refractivity contribution in [3.05, 3.63) is 89.5 Å². The molecule has 0 aliphatic rings. The summed E-state index contributed by atoms with van der Waals surface area (Å²) in [6, 6.07) is 11.2. The van der Waals surface area contributed by atoms with Gasteiger partial charge in [-0.25, -0.2) is 13.8 Å². The van der Waals surface area contributed by atoms with Gasteiger partial charge in [-0.15, -0.1) is 0 Å². The molecule has 1 aromatic heterocycles. The number of benzene rings is 2. The van der Waals surface area contributed by atoms with Gasteiger partial charge in [0.25, 0.3) is 0 Å². The molecule has 3 aromatic rings. The summed E-state index contributed by atoms with van der Waals surface area (Å²) in [6.07, 6.45) is 3.53. The quantitative estimate of drug-likeness (QED) is 0.775. The Morgan fingerprint density at radius 1 is 1.08 bits per heavy atom. The highest BCUT2D eigenvalue weighted by Gasteiger charge is 2.20. The van der Waals surface area contributed by atoms with Gasteiger partial charge in [0, 0.05) is 19.4 Å². The average Bonchev–Trinajstić information content (AvgIpc) is 3.01. The molecule has 4 nitrogen and oxygen atoms in total. The topological polar surface area (TPSA) is 46.9 Å². The molecule has 2 aromatic carbocycles. The molecule has 0 aliphatic heterocycles. The van der Waals surface area contributed by atoms with Crippen LogP contribution < -0.4 is 5.32 Å². The lowest BCUT2D eigenvalue weighted by molar-refractivity contribution is -0.121. The van der Waals surface area contributed by atoms with Gasteiger partial charge in [0.05, 0.1) is 6.42 Å². The molecule has 1 amide bonds. The van der Waals surface area contributed by atoms with Gasteiger partial charge in [0.15, 0.2) is 0 Å². The Bertz CT molecular complexity index is 857. The van der Waals surface area contributed by atoms with Crippen molar-refractivity contribution in [3.63, 3.8) is 0 Å². The van der Waals surface area contributed by atoms with Crippen LogP contribution in [0, 0.1) is 11.6 Å². The van der Waals surface area contributed by atoms with Gasteiger partial charge in [-0.05, 0) is 35.4 Å². The zero-order valence-corrected chi connectivity index (χ0v) is 13.6. The Labute approximate surface area is 144 Å². The number of aromatic nitrogens is 2. The maximum atomic E-state index is 13.2. The number of imidazole rings is 1. The first-order valence-electron chi connectivity index (χ1n) is 7.79. The Hall–Kier alpha value is -3.02. The second-order valence-electron chi connectivity index (χ2n) is 5.75. The molecule has 0 bridgehead atoms. The lowest BCUT2D eigenvalue weighted by Crippen LogP contribution is -2.32. The Morgan fingerprint density at radius 3 is 2.24 bits per heavy atom. The van der Waals surface area contributed by atoms with Crippen molar-refractivity contribution in [2.24, 2.45) is 7.05 Å². The molecule has 0 saturated carbocycles. The average molecular weight is 341 g/mol. The van der Waals surface area contributed by atoms with Crippen molar-refractivity contribution in [3.8, 4) is 0 Å². The minimum absolute atomic E-state index is 0.113. The predicted octanol–water partition coefficient (Wildman–Crippen LogP) is 3.15. The fourth-order valence-electron chi connectivity index (χ4n) is 2.61. The van der Waals surface area contributed by atoms with Gasteiger partial charge in [-0.3, -0.25) is 4.79 Å². The SMILES string of the molecule is Cn1ccnc1[C@H](NC(=O)Cc1ccc(F)cc1)c1ccc(F)cc1. The van der Waals surface area contributed by atoms with E-state index in [0.29, 0.717) is 11.4 Å². The minimum atomic E-state index is -0.506. The van der Waals surface area contributed by atoms with Crippen LogP contribution in [-0.2, 0) is 18.3 Å². The van der Waals surface area contributed by atoms with Crippen molar-refractivity contribution >= 4 is 5.91 Å². The largest absolute Gasteiger partial charge is 0.342 e. The van der Waals surface area contributed by atoms with E-state index >= 15 is 0 Å². The van der Waals surface area contributed by atoms with Crippen molar-refractivity contribution < 1.29 is 13.6 Å². The lowest BCUT2D eigenvalue weighted by Gasteiger charge is -2.19. The van der Waals surface area contributed by atoms with Crippen LogP contribution in [-0.4, -0.2) is 15.5 Å². The third-order valence-electron chi connectivity index (χ3n) is 3.90. The fraction of sp³-hybridized carbons (Fsp3) is 0.158. The van der Waals surface area contributed by atoms with Crippen molar-refractivity contribution in [2.45, 2.75) is 12.5 Å². The molecule has 0 saturated heterocycles. The highest BCUT2D eigenvalue weighted by atomic mass is 19.1. The van der Waals surface area contributed by atoms with E-state index in [2.05, 4.69) is 10.3 Å². The number of hydrogen-bond acceptors (Lipinski definition) is 2. The minimum Gasteiger partial charge on any atom is -0.342 e. The van der Waals surface area contributed by atoms with Crippen molar-refractivity contribution in [1.29, 1.82) is 0 Å². The number of carbonyl (C=O) groups excluding carboxylic acids is 1. The number of halogens is 2. The smallest absolute Gasteiger partial charge is 0.225 e. The first-order chi connectivity index (χ1) is 12.0. The van der Waals surface area contributed by atoms with Gasteiger partial charge < -0.3 is 9.88 Å². The van der Waals surface area contributed by atoms with E-state index in [-0.39, 0.29) is 24.0 Å². The number of nitrogens with zero attached hydrogens (tertiary/aromatic N) is 2. The van der Waals surface area contributed by atoms with E-state index in [9.17, 15) is 13.6 Å². The van der Waals surface area contributed by atoms with Crippen molar-refractivity contribution in [2.75, 3.05) is 0 Å². The number of hydrogen-bond donors (Lipinski definition) is 1. The highest BCUT2D eigenvalue weighted by Crippen LogP contribution is 2.21. The summed E-state index contributed by atoms with van der Waals surface area (Å²) in [5.74, 6) is -0.288. The Morgan fingerprint density at radius 2 is 1.68 bits per heavy atom. The number of aryl methyl sites for hydroxylation is 1. The summed E-state index contributed by atoms with van der Waals surface area (Å²) >= 11 is 0. The molecule has 6 heteroatoms. The van der Waals surface area contributed by atoms with Crippen molar-refractivity contribution in [1.82, 2.24) is 14.9 Å². The van der Waals surface area contributed by atoms with E-state index in [0.717, 1.165) is 5.56 Å². The first kappa shape index (κ1) is 16.8. The zero-order chi connectivity index (χ0) is 17.8. The van der Waals surface area contributed by atoms with Gasteiger partial charge in [0.1, 0.15) is 23.5 Å². The zero-order valence-electron chi connectivity index (χ0n) is 13.6. The molecule has 0 aliphatic carbocycles. The van der Waals surface area contributed by atoms with Crippen LogP contribution in [0.2, 0.25) is 0 Å². The Balaban J connectivity index is 1.82. The Kier molecular flexibility index (Phi) is 4.88. The third-order valence-corrected chi connectivity index (χ3v) is 3.90. The van der Waals surface area contributed by atoms with Crippen LogP contribution >= 0.6 is 0 Å². The van der Waals surface area contributed by atoms with Gasteiger partial charge in [-0.2, -0.15) is 0 Å². The summed E-state index contributed by atoms with van der Waals surface area (Å²) in [4.78, 5) is 16.7. The highest BCUT2D eigenvalue weighted by molar-refractivity contribution is 5.79. The number of rotatable bonds is 5. The van der Waals surface area contributed by atoms with Crippen LogP contribution in [0.3, 0.4) is 0 Å². The number of amides is 1. The maximum absolute atomic E-state index is 13.2. The molecule has 0 spiro atoms.